The number of aromatic hydroxyl groups is 1. The lowest BCUT2D eigenvalue weighted by molar-refractivity contribution is 0.208. The van der Waals surface area contributed by atoms with Gasteiger partial charge in [-0.25, -0.2) is 0 Å². The Balaban J connectivity index is 1.94. The first kappa shape index (κ1) is 18.7. The molecule has 2 aliphatic carbocycles. The lowest BCUT2D eigenvalue weighted by Crippen LogP contribution is -2.27. The first-order valence-corrected chi connectivity index (χ1v) is 12.1. The van der Waals surface area contributed by atoms with E-state index < -0.39 is 10.3 Å². The van der Waals surface area contributed by atoms with Crippen molar-refractivity contribution in [1.82, 2.24) is 0 Å². The molecule has 0 aromatic heterocycles. The number of aryl methyl sites for hydroxylation is 1. The number of aliphatic hydroxyl groups is 1. The molecule has 0 fully saturated rings. The van der Waals surface area contributed by atoms with Crippen LogP contribution in [0.2, 0.25) is 0 Å². The van der Waals surface area contributed by atoms with Gasteiger partial charge in [0.15, 0.2) is 0 Å². The van der Waals surface area contributed by atoms with Crippen molar-refractivity contribution in [1.29, 1.82) is 0 Å². The number of phenols is 1. The maximum absolute atomic E-state index is 10.3. The predicted molar refractivity (Wildman–Crippen MR) is 116 cm³/mol. The van der Waals surface area contributed by atoms with Gasteiger partial charge in [-0.3, -0.25) is 0 Å². The van der Waals surface area contributed by atoms with Crippen molar-refractivity contribution in [2.45, 2.75) is 57.3 Å². The molecule has 3 nitrogen and oxygen atoms in total. The molecule has 0 saturated carbocycles. The molecule has 1 atom stereocenters. The number of benzene rings is 2. The third-order valence-electron chi connectivity index (χ3n) is 6.39. The van der Waals surface area contributed by atoms with Gasteiger partial charge < -0.3 is 14.4 Å². The van der Waals surface area contributed by atoms with Crippen LogP contribution in [0.25, 0.3) is 16.3 Å². The predicted octanol–water partition coefficient (Wildman–Crippen LogP) is 5.56. The zero-order chi connectivity index (χ0) is 19.6. The normalized spacial score (nSPS) is 20.6. The van der Waals surface area contributed by atoms with E-state index >= 15 is 0 Å². The number of rotatable bonds is 2. The minimum absolute atomic E-state index is 0.0417. The topological polar surface area (TPSA) is 49.7 Å². The molecule has 2 N–H and O–H groups in total. The lowest BCUT2D eigenvalue weighted by atomic mass is 9.83. The molecule has 0 bridgehead atoms. The zero-order valence-electron chi connectivity index (χ0n) is 16.9. The lowest BCUT2D eigenvalue weighted by Gasteiger charge is -2.44. The highest BCUT2D eigenvalue weighted by atomic mass is 32.3. The first-order valence-electron chi connectivity index (χ1n) is 9.70. The Morgan fingerprint density at radius 3 is 2.48 bits per heavy atom. The van der Waals surface area contributed by atoms with E-state index in [1.807, 2.05) is 12.1 Å². The molecule has 2 aromatic carbocycles. The monoisotopic (exact) mass is 386 g/mol. The molecule has 27 heavy (non-hydrogen) atoms. The summed E-state index contributed by atoms with van der Waals surface area (Å²) in [5.74, 6) is 1.12. The molecule has 2 aromatic rings. The summed E-state index contributed by atoms with van der Waals surface area (Å²) < 4.78 is 6.70. The molecule has 4 rings (SSSR count). The number of hydrogen-bond donors (Lipinski definition) is 2. The Morgan fingerprint density at radius 2 is 1.78 bits per heavy atom. The molecule has 0 heterocycles. The SMILES string of the molecule is CC(C)(C)S(C)(C)Oc1cc2c(c3ccc(O)cc13)CCC1=C2CC[C@@H]1O. The largest absolute Gasteiger partial charge is 0.508 e. The van der Waals surface area contributed by atoms with Crippen molar-refractivity contribution in [2.24, 2.45) is 0 Å². The van der Waals surface area contributed by atoms with Crippen LogP contribution in [0.1, 0.15) is 51.2 Å². The number of phenolic OH excluding ortho intramolecular Hbond substituents is 1. The van der Waals surface area contributed by atoms with Crippen molar-refractivity contribution in [3.63, 3.8) is 0 Å². The molecule has 0 aliphatic heterocycles. The maximum atomic E-state index is 10.3. The van der Waals surface area contributed by atoms with E-state index in [1.54, 1.807) is 6.07 Å². The summed E-state index contributed by atoms with van der Waals surface area (Å²) in [7, 11) is -1.36. The van der Waals surface area contributed by atoms with E-state index in [0.29, 0.717) is 0 Å². The van der Waals surface area contributed by atoms with Gasteiger partial charge in [-0.15, -0.1) is 0 Å². The van der Waals surface area contributed by atoms with E-state index in [4.69, 9.17) is 4.18 Å². The van der Waals surface area contributed by atoms with Gasteiger partial charge >= 0.3 is 0 Å². The molecule has 0 radical (unpaired) electrons. The van der Waals surface area contributed by atoms with Crippen LogP contribution >= 0.6 is 10.3 Å². The Kier molecular flexibility index (Phi) is 4.28. The van der Waals surface area contributed by atoms with Crippen molar-refractivity contribution in [3.05, 3.63) is 41.0 Å². The van der Waals surface area contributed by atoms with E-state index in [0.717, 1.165) is 42.2 Å². The molecule has 2 aliphatic rings. The van der Waals surface area contributed by atoms with Gasteiger partial charge in [-0.2, -0.15) is 0 Å². The molecule has 0 unspecified atom stereocenters. The molecule has 0 spiro atoms. The molecular formula is C23H30O3S. The van der Waals surface area contributed by atoms with E-state index in [-0.39, 0.29) is 16.6 Å². The maximum Gasteiger partial charge on any atom is 0.143 e. The first-order chi connectivity index (χ1) is 12.6. The molecular weight excluding hydrogens is 356 g/mol. The van der Waals surface area contributed by atoms with Gasteiger partial charge in [0.2, 0.25) is 0 Å². The minimum Gasteiger partial charge on any atom is -0.508 e. The molecule has 146 valence electrons. The van der Waals surface area contributed by atoms with E-state index in [1.165, 1.54) is 22.3 Å². The van der Waals surface area contributed by atoms with Crippen molar-refractivity contribution in [3.8, 4) is 11.5 Å². The van der Waals surface area contributed by atoms with Crippen LogP contribution in [0.15, 0.2) is 29.8 Å². The molecule has 4 heteroatoms. The average molecular weight is 387 g/mol. The van der Waals surface area contributed by atoms with Crippen molar-refractivity contribution >= 4 is 26.7 Å². The van der Waals surface area contributed by atoms with Crippen LogP contribution in [0.3, 0.4) is 0 Å². The number of allylic oxidation sites excluding steroid dienone is 1. The Morgan fingerprint density at radius 1 is 1.04 bits per heavy atom. The summed E-state index contributed by atoms with van der Waals surface area (Å²) in [6.45, 7) is 6.65. The second-order valence-electron chi connectivity index (χ2n) is 9.12. The van der Waals surface area contributed by atoms with Crippen LogP contribution in [-0.2, 0) is 6.42 Å². The molecule has 0 saturated heterocycles. The smallest absolute Gasteiger partial charge is 0.143 e. The summed E-state index contributed by atoms with van der Waals surface area (Å²) in [6, 6.07) is 7.79. The summed E-state index contributed by atoms with van der Waals surface area (Å²) in [5.41, 5.74) is 5.10. The summed E-state index contributed by atoms with van der Waals surface area (Å²) >= 11 is 0. The Hall–Kier alpha value is -1.65. The fourth-order valence-corrected chi connectivity index (χ4v) is 4.94. The van der Waals surface area contributed by atoms with Crippen LogP contribution in [0.5, 0.6) is 11.5 Å². The minimum atomic E-state index is -1.36. The highest BCUT2D eigenvalue weighted by Crippen LogP contribution is 2.56. The number of hydrogen-bond acceptors (Lipinski definition) is 3. The van der Waals surface area contributed by atoms with Gasteiger partial charge in [0.1, 0.15) is 11.5 Å². The van der Waals surface area contributed by atoms with Gasteiger partial charge in [0, 0.05) is 10.1 Å². The van der Waals surface area contributed by atoms with E-state index in [2.05, 4.69) is 39.3 Å². The number of fused-ring (bicyclic) bond motifs is 4. The standard InChI is InChI=1S/C23H30O3S/c1-23(2,3)27(4,5)26-22-13-19-15(16-7-6-14(24)12-20(16)22)8-9-18-17(19)10-11-21(18)25/h6-7,12-13,21,24-25H,8-11H2,1-5H3/t21-/m0/s1. The molecule has 0 amide bonds. The van der Waals surface area contributed by atoms with Gasteiger partial charge in [0.25, 0.3) is 0 Å². The fourth-order valence-electron chi connectivity index (χ4n) is 4.10. The van der Waals surface area contributed by atoms with Crippen molar-refractivity contribution < 1.29 is 14.4 Å². The third kappa shape index (κ3) is 3.03. The van der Waals surface area contributed by atoms with Crippen LogP contribution in [0, 0.1) is 0 Å². The Labute approximate surface area is 163 Å². The van der Waals surface area contributed by atoms with Crippen molar-refractivity contribution in [2.75, 3.05) is 12.5 Å². The average Bonchev–Trinajstić information content (AvgIpc) is 2.95. The summed E-state index contributed by atoms with van der Waals surface area (Å²) in [6.07, 6.45) is 7.73. The zero-order valence-corrected chi connectivity index (χ0v) is 17.7. The van der Waals surface area contributed by atoms with Crippen LogP contribution in [0.4, 0.5) is 0 Å². The Bertz CT molecular complexity index is 950. The van der Waals surface area contributed by atoms with Crippen LogP contribution < -0.4 is 4.18 Å². The van der Waals surface area contributed by atoms with E-state index in [9.17, 15) is 10.2 Å². The summed E-state index contributed by atoms with van der Waals surface area (Å²) in [4.78, 5) is 0. The van der Waals surface area contributed by atoms with Gasteiger partial charge in [-0.05, 0) is 105 Å². The second-order valence-corrected chi connectivity index (χ2v) is 13.0. The summed E-state index contributed by atoms with van der Waals surface area (Å²) in [5, 5.41) is 22.6. The number of aliphatic hydroxyl groups excluding tert-OH is 1. The highest BCUT2D eigenvalue weighted by molar-refractivity contribution is 8.30. The van der Waals surface area contributed by atoms with Crippen LogP contribution in [-0.4, -0.2) is 33.6 Å². The van der Waals surface area contributed by atoms with Gasteiger partial charge in [-0.1, -0.05) is 16.4 Å². The highest BCUT2D eigenvalue weighted by Gasteiger charge is 2.33. The third-order valence-corrected chi connectivity index (χ3v) is 9.94. The fraction of sp³-hybridized carbons (Fsp3) is 0.478. The second kappa shape index (κ2) is 6.18. The quantitative estimate of drug-likeness (QED) is 0.711. The van der Waals surface area contributed by atoms with Gasteiger partial charge in [0.05, 0.1) is 6.10 Å².